The van der Waals surface area contributed by atoms with Crippen LogP contribution in [-0.2, 0) is 6.61 Å². The molecule has 2 aromatic carbocycles. The van der Waals surface area contributed by atoms with Crippen molar-refractivity contribution in [3.05, 3.63) is 83.3 Å². The molecule has 1 aromatic heterocycles. The van der Waals surface area contributed by atoms with Crippen LogP contribution >= 0.6 is 0 Å². The summed E-state index contributed by atoms with van der Waals surface area (Å²) in [6.45, 7) is 2.13. The second-order valence-corrected chi connectivity index (χ2v) is 5.45. The highest BCUT2D eigenvalue weighted by Crippen LogP contribution is 2.18. The molecule has 3 rings (SSSR count). The summed E-state index contributed by atoms with van der Waals surface area (Å²) in [6, 6.07) is 13.5. The average Bonchev–Trinajstić information content (AvgIpc) is 3.06. The number of halogens is 2. The molecule has 0 aliphatic heterocycles. The molecule has 3 aromatic rings. The van der Waals surface area contributed by atoms with Crippen molar-refractivity contribution in [3.8, 4) is 5.75 Å². The Morgan fingerprint density at radius 3 is 2.56 bits per heavy atom. The van der Waals surface area contributed by atoms with Crippen LogP contribution in [0.2, 0.25) is 0 Å². The van der Waals surface area contributed by atoms with Crippen LogP contribution in [0.4, 0.5) is 14.5 Å². The van der Waals surface area contributed by atoms with Crippen molar-refractivity contribution in [1.82, 2.24) is 0 Å². The van der Waals surface area contributed by atoms with Gasteiger partial charge >= 0.3 is 0 Å². The molecular weight excluding hydrogens is 328 g/mol. The highest BCUT2D eigenvalue weighted by Gasteiger charge is 2.14. The maximum absolute atomic E-state index is 13.6. The van der Waals surface area contributed by atoms with E-state index in [0.29, 0.717) is 17.6 Å². The van der Waals surface area contributed by atoms with Crippen LogP contribution in [0.15, 0.2) is 59.0 Å². The highest BCUT2D eigenvalue weighted by molar-refractivity contribution is 6.02. The molecule has 1 N–H and O–H groups in total. The predicted octanol–water partition coefficient (Wildman–Crippen LogP) is 4.70. The number of rotatable bonds is 5. The zero-order valence-electron chi connectivity index (χ0n) is 13.4. The molecule has 0 bridgehead atoms. The number of ether oxygens (including phenoxy) is 1. The zero-order chi connectivity index (χ0) is 17.8. The second-order valence-electron chi connectivity index (χ2n) is 5.45. The molecule has 0 saturated carbocycles. The number of furan rings is 1. The number of amides is 1. The summed E-state index contributed by atoms with van der Waals surface area (Å²) in [5.41, 5.74) is 0.998. The highest BCUT2D eigenvalue weighted by atomic mass is 19.1. The Bertz CT molecular complexity index is 888. The normalized spacial score (nSPS) is 10.5. The number of benzene rings is 2. The number of anilines is 1. The maximum Gasteiger partial charge on any atom is 0.291 e. The molecule has 1 amide bonds. The summed E-state index contributed by atoms with van der Waals surface area (Å²) < 4.78 is 37.4. The van der Waals surface area contributed by atoms with Crippen LogP contribution < -0.4 is 10.1 Å². The lowest BCUT2D eigenvalue weighted by molar-refractivity contribution is 0.0992. The molecule has 4 nitrogen and oxygen atoms in total. The van der Waals surface area contributed by atoms with Gasteiger partial charge in [-0.2, -0.15) is 0 Å². The van der Waals surface area contributed by atoms with E-state index < -0.39 is 17.5 Å². The van der Waals surface area contributed by atoms with Gasteiger partial charge in [-0.25, -0.2) is 8.78 Å². The van der Waals surface area contributed by atoms with Crippen LogP contribution in [0.1, 0.15) is 21.9 Å². The third kappa shape index (κ3) is 4.23. The van der Waals surface area contributed by atoms with Gasteiger partial charge in [0.25, 0.3) is 5.91 Å². The van der Waals surface area contributed by atoms with Crippen molar-refractivity contribution in [2.45, 2.75) is 13.5 Å². The van der Waals surface area contributed by atoms with Gasteiger partial charge in [-0.3, -0.25) is 4.79 Å². The average molecular weight is 343 g/mol. The molecule has 0 fully saturated rings. The summed E-state index contributed by atoms with van der Waals surface area (Å²) in [7, 11) is 0. The smallest absolute Gasteiger partial charge is 0.291 e. The van der Waals surface area contributed by atoms with E-state index >= 15 is 0 Å². The first-order chi connectivity index (χ1) is 12.0. The molecule has 128 valence electrons. The summed E-state index contributed by atoms with van der Waals surface area (Å²) in [4.78, 5) is 12.1. The first-order valence-corrected chi connectivity index (χ1v) is 7.56. The number of carbonyl (C=O) groups excluding carboxylic acids is 1. The van der Waals surface area contributed by atoms with E-state index in [-0.39, 0.29) is 18.1 Å². The molecule has 0 aliphatic rings. The maximum atomic E-state index is 13.6. The Hall–Kier alpha value is -3.15. The number of hydrogen-bond acceptors (Lipinski definition) is 3. The number of aryl methyl sites for hydroxylation is 1. The Labute approximate surface area is 143 Å². The Balaban J connectivity index is 1.62. The molecule has 0 unspecified atom stereocenters. The number of hydrogen-bond donors (Lipinski definition) is 1. The third-order valence-electron chi connectivity index (χ3n) is 3.47. The van der Waals surface area contributed by atoms with Crippen LogP contribution in [-0.4, -0.2) is 5.91 Å². The summed E-state index contributed by atoms with van der Waals surface area (Å²) in [6.07, 6.45) is 0. The van der Waals surface area contributed by atoms with Gasteiger partial charge < -0.3 is 14.5 Å². The van der Waals surface area contributed by atoms with E-state index in [0.717, 1.165) is 17.7 Å². The fourth-order valence-electron chi connectivity index (χ4n) is 2.14. The number of carbonyl (C=O) groups is 1. The van der Waals surface area contributed by atoms with Crippen LogP contribution in [0.5, 0.6) is 5.75 Å². The molecular formula is C19H15F2NO3. The molecule has 0 spiro atoms. The van der Waals surface area contributed by atoms with Gasteiger partial charge in [-0.1, -0.05) is 17.7 Å². The first-order valence-electron chi connectivity index (χ1n) is 7.56. The largest absolute Gasteiger partial charge is 0.486 e. The van der Waals surface area contributed by atoms with E-state index in [4.69, 9.17) is 9.15 Å². The van der Waals surface area contributed by atoms with Crippen LogP contribution in [0, 0.1) is 18.6 Å². The van der Waals surface area contributed by atoms with E-state index in [1.807, 2.05) is 31.2 Å². The van der Waals surface area contributed by atoms with Crippen LogP contribution in [0.3, 0.4) is 0 Å². The molecule has 0 atom stereocenters. The van der Waals surface area contributed by atoms with Crippen molar-refractivity contribution < 1.29 is 22.7 Å². The Morgan fingerprint density at radius 1 is 1.08 bits per heavy atom. The van der Waals surface area contributed by atoms with E-state index in [1.165, 1.54) is 6.07 Å². The Kier molecular flexibility index (Phi) is 4.79. The van der Waals surface area contributed by atoms with Gasteiger partial charge in [0.15, 0.2) is 5.76 Å². The minimum absolute atomic E-state index is 0.00577. The SMILES string of the molecule is Cc1ccc(OCc2ccc(C(=O)Nc3ccc(F)cc3F)o2)cc1. The summed E-state index contributed by atoms with van der Waals surface area (Å²) in [5, 5.41) is 2.33. The third-order valence-corrected chi connectivity index (χ3v) is 3.47. The Morgan fingerprint density at radius 2 is 1.84 bits per heavy atom. The van der Waals surface area contributed by atoms with Gasteiger partial charge in [-0.15, -0.1) is 0 Å². The topological polar surface area (TPSA) is 51.5 Å². The van der Waals surface area contributed by atoms with Gasteiger partial charge in [-0.05, 0) is 43.3 Å². The fourth-order valence-corrected chi connectivity index (χ4v) is 2.14. The predicted molar refractivity (Wildman–Crippen MR) is 88.5 cm³/mol. The van der Waals surface area contributed by atoms with Gasteiger partial charge in [0, 0.05) is 6.07 Å². The molecule has 0 aliphatic carbocycles. The van der Waals surface area contributed by atoms with E-state index in [2.05, 4.69) is 5.32 Å². The molecule has 6 heteroatoms. The van der Waals surface area contributed by atoms with Gasteiger partial charge in [0.05, 0.1) is 5.69 Å². The van der Waals surface area contributed by atoms with Crippen LogP contribution in [0.25, 0.3) is 0 Å². The molecule has 0 saturated heterocycles. The number of nitrogens with one attached hydrogen (secondary N) is 1. The minimum Gasteiger partial charge on any atom is -0.486 e. The van der Waals surface area contributed by atoms with E-state index in [1.54, 1.807) is 6.07 Å². The first kappa shape index (κ1) is 16.7. The second kappa shape index (κ2) is 7.17. The summed E-state index contributed by atoms with van der Waals surface area (Å²) in [5.74, 6) is -1.07. The van der Waals surface area contributed by atoms with Crippen molar-refractivity contribution in [3.63, 3.8) is 0 Å². The van der Waals surface area contributed by atoms with Gasteiger partial charge in [0.2, 0.25) is 0 Å². The van der Waals surface area contributed by atoms with E-state index in [9.17, 15) is 13.6 Å². The zero-order valence-corrected chi connectivity index (χ0v) is 13.4. The quantitative estimate of drug-likeness (QED) is 0.731. The lowest BCUT2D eigenvalue weighted by Gasteiger charge is -2.05. The van der Waals surface area contributed by atoms with Crippen molar-refractivity contribution >= 4 is 11.6 Å². The fraction of sp³-hybridized carbons (Fsp3) is 0.105. The van der Waals surface area contributed by atoms with Crippen molar-refractivity contribution in [2.75, 3.05) is 5.32 Å². The monoisotopic (exact) mass is 343 g/mol. The molecule has 0 radical (unpaired) electrons. The standard InChI is InChI=1S/C19H15F2NO3/c1-12-2-5-14(6-3-12)24-11-15-7-9-18(25-15)19(23)22-17-8-4-13(20)10-16(17)21/h2-10H,11H2,1H3,(H,22,23). The minimum atomic E-state index is -0.858. The molecule has 1 heterocycles. The van der Waals surface area contributed by atoms with Crippen molar-refractivity contribution in [1.29, 1.82) is 0 Å². The summed E-state index contributed by atoms with van der Waals surface area (Å²) >= 11 is 0. The van der Waals surface area contributed by atoms with Crippen molar-refractivity contribution in [2.24, 2.45) is 0 Å². The lowest BCUT2D eigenvalue weighted by Crippen LogP contribution is -2.12. The lowest BCUT2D eigenvalue weighted by atomic mass is 10.2. The van der Waals surface area contributed by atoms with Gasteiger partial charge in [0.1, 0.15) is 29.8 Å². The molecule has 25 heavy (non-hydrogen) atoms.